The fraction of sp³-hybridized carbons (Fsp3) is 0.400. The van der Waals surface area contributed by atoms with Crippen molar-refractivity contribution in [2.24, 2.45) is 11.8 Å². The molecule has 1 aromatic carbocycles. The number of ketones is 1. The molecule has 3 aliphatic heterocycles. The van der Waals surface area contributed by atoms with Crippen molar-refractivity contribution in [3.63, 3.8) is 0 Å². The van der Waals surface area contributed by atoms with E-state index in [2.05, 4.69) is 6.07 Å². The van der Waals surface area contributed by atoms with Crippen LogP contribution in [0.4, 0.5) is 13.2 Å². The maximum Gasteiger partial charge on any atom is 0.490 e. The number of halogens is 3. The molecule has 0 aromatic heterocycles. The molecular formula is C20H19F3N2O5. The van der Waals surface area contributed by atoms with Crippen molar-refractivity contribution in [1.29, 1.82) is 0 Å². The van der Waals surface area contributed by atoms with Gasteiger partial charge in [-0.15, -0.1) is 0 Å². The summed E-state index contributed by atoms with van der Waals surface area (Å²) in [5.41, 5.74) is 2.25. The van der Waals surface area contributed by atoms with Gasteiger partial charge in [0.2, 0.25) is 11.8 Å². The molecule has 3 aliphatic rings. The number of imide groups is 1. The Morgan fingerprint density at radius 3 is 2.30 bits per heavy atom. The second-order valence-electron chi connectivity index (χ2n) is 7.45. The fourth-order valence-electron chi connectivity index (χ4n) is 4.24. The number of benzene rings is 1. The van der Waals surface area contributed by atoms with Crippen molar-refractivity contribution in [2.75, 3.05) is 7.05 Å². The van der Waals surface area contributed by atoms with E-state index in [-0.39, 0.29) is 23.6 Å². The van der Waals surface area contributed by atoms with Gasteiger partial charge in [-0.25, -0.2) is 4.79 Å². The largest absolute Gasteiger partial charge is 0.490 e. The monoisotopic (exact) mass is 424 g/mol. The smallest absolute Gasteiger partial charge is 0.475 e. The van der Waals surface area contributed by atoms with Crippen molar-refractivity contribution in [3.05, 3.63) is 47.5 Å². The number of hydrogen-bond acceptors (Lipinski definition) is 5. The van der Waals surface area contributed by atoms with Crippen LogP contribution in [0.5, 0.6) is 0 Å². The average Bonchev–Trinajstić information content (AvgIpc) is 3.00. The number of carbonyl (C=O) groups excluding carboxylic acids is 3. The minimum Gasteiger partial charge on any atom is -0.475 e. The van der Waals surface area contributed by atoms with Crippen LogP contribution in [0.15, 0.2) is 36.4 Å². The van der Waals surface area contributed by atoms with Gasteiger partial charge in [0.15, 0.2) is 5.78 Å². The van der Waals surface area contributed by atoms with Gasteiger partial charge in [0.05, 0.1) is 17.9 Å². The maximum absolute atomic E-state index is 12.4. The number of amides is 2. The number of alkyl halides is 3. The van der Waals surface area contributed by atoms with Crippen molar-refractivity contribution < 1.29 is 37.5 Å². The Kier molecular flexibility index (Phi) is 5.55. The summed E-state index contributed by atoms with van der Waals surface area (Å²) in [6.45, 7) is 2.60. The average molecular weight is 424 g/mol. The summed E-state index contributed by atoms with van der Waals surface area (Å²) in [5, 5.41) is 7.12. The zero-order valence-electron chi connectivity index (χ0n) is 16.1. The standard InChI is InChI=1S/C18H18N2O3.C2HF3O2/c1-10-4-3-5-11(8-10)9-20-12-6-7-13(21)16(20)15-14(12)17(22)19(2)18(15)23;3-2(4,5)1(6)7/h3-8,12,14-16H,9H2,1-2H3;(H,6,7). The molecule has 10 heteroatoms. The molecule has 0 radical (unpaired) electrons. The van der Waals surface area contributed by atoms with E-state index in [9.17, 15) is 27.6 Å². The van der Waals surface area contributed by atoms with E-state index in [1.54, 1.807) is 12.2 Å². The third-order valence-corrected chi connectivity index (χ3v) is 5.51. The molecule has 2 saturated heterocycles. The lowest BCUT2D eigenvalue weighted by Gasteiger charge is -2.33. The highest BCUT2D eigenvalue weighted by molar-refractivity contribution is 6.11. The van der Waals surface area contributed by atoms with Crippen molar-refractivity contribution in [2.45, 2.75) is 31.7 Å². The summed E-state index contributed by atoms with van der Waals surface area (Å²) >= 11 is 0. The maximum atomic E-state index is 12.4. The molecule has 2 fully saturated rings. The first kappa shape index (κ1) is 21.7. The Morgan fingerprint density at radius 1 is 1.13 bits per heavy atom. The molecule has 3 heterocycles. The van der Waals surface area contributed by atoms with E-state index in [1.807, 2.05) is 30.0 Å². The molecule has 0 saturated carbocycles. The highest BCUT2D eigenvalue weighted by atomic mass is 19.4. The van der Waals surface area contributed by atoms with Crippen molar-refractivity contribution >= 4 is 23.6 Å². The second kappa shape index (κ2) is 7.67. The number of aryl methyl sites for hydroxylation is 1. The minimum absolute atomic E-state index is 0.0714. The predicted molar refractivity (Wildman–Crippen MR) is 96.9 cm³/mol. The van der Waals surface area contributed by atoms with E-state index in [0.717, 1.165) is 11.1 Å². The number of rotatable bonds is 2. The summed E-state index contributed by atoms with van der Waals surface area (Å²) in [6, 6.07) is 7.41. The topological polar surface area (TPSA) is 95.0 Å². The number of nitrogens with zero attached hydrogens (tertiary/aromatic N) is 2. The first-order chi connectivity index (χ1) is 13.9. The molecular weight excluding hydrogens is 405 g/mol. The van der Waals surface area contributed by atoms with E-state index < -0.39 is 30.0 Å². The van der Waals surface area contributed by atoms with Crippen LogP contribution < -0.4 is 0 Å². The van der Waals surface area contributed by atoms with Crippen LogP contribution in [0.2, 0.25) is 0 Å². The lowest BCUT2D eigenvalue weighted by molar-refractivity contribution is -0.192. The van der Waals surface area contributed by atoms with Crippen LogP contribution >= 0.6 is 0 Å². The lowest BCUT2D eigenvalue weighted by Crippen LogP contribution is -2.48. The zero-order valence-corrected chi connectivity index (χ0v) is 16.1. The van der Waals surface area contributed by atoms with E-state index in [0.29, 0.717) is 6.54 Å². The first-order valence-corrected chi connectivity index (χ1v) is 9.08. The molecule has 30 heavy (non-hydrogen) atoms. The molecule has 0 aliphatic carbocycles. The van der Waals surface area contributed by atoms with E-state index >= 15 is 0 Å². The van der Waals surface area contributed by atoms with Crippen LogP contribution in [0, 0.1) is 18.8 Å². The van der Waals surface area contributed by atoms with Crippen LogP contribution in [0.1, 0.15) is 11.1 Å². The molecule has 0 spiro atoms. The van der Waals surface area contributed by atoms with Gasteiger partial charge in [-0.2, -0.15) is 13.2 Å². The Morgan fingerprint density at radius 2 is 1.73 bits per heavy atom. The van der Waals surface area contributed by atoms with Gasteiger partial charge in [-0.1, -0.05) is 35.9 Å². The molecule has 1 N–H and O–H groups in total. The summed E-state index contributed by atoms with van der Waals surface area (Å²) in [4.78, 5) is 49.4. The van der Waals surface area contributed by atoms with Gasteiger partial charge >= 0.3 is 12.1 Å². The van der Waals surface area contributed by atoms with Crippen LogP contribution in [0.25, 0.3) is 0 Å². The fourth-order valence-corrected chi connectivity index (χ4v) is 4.24. The molecule has 4 rings (SSSR count). The quantitative estimate of drug-likeness (QED) is 0.724. The third kappa shape index (κ3) is 3.74. The minimum atomic E-state index is -5.08. The molecule has 7 nitrogen and oxygen atoms in total. The molecule has 4 atom stereocenters. The summed E-state index contributed by atoms with van der Waals surface area (Å²) < 4.78 is 31.7. The predicted octanol–water partition coefficient (Wildman–Crippen LogP) is 1.55. The second-order valence-corrected chi connectivity index (χ2v) is 7.45. The summed E-state index contributed by atoms with van der Waals surface area (Å²) in [6.07, 6.45) is -1.75. The highest BCUT2D eigenvalue weighted by Crippen LogP contribution is 2.45. The number of carboxylic acids is 1. The molecule has 2 bridgehead atoms. The number of aliphatic carboxylic acids is 1. The zero-order chi connectivity index (χ0) is 22.4. The number of fused-ring (bicyclic) bond motifs is 5. The first-order valence-electron chi connectivity index (χ1n) is 9.08. The van der Waals surface area contributed by atoms with Gasteiger partial charge in [-0.3, -0.25) is 24.2 Å². The number of hydrogen-bond donors (Lipinski definition) is 1. The SMILES string of the molecule is Cc1cccc(CN2C3C=CC(=O)C2C2C(=O)N(C)C(=O)C23)c1.O=C(O)C(F)(F)F. The van der Waals surface area contributed by atoms with Gasteiger partial charge in [-0.05, 0) is 18.6 Å². The van der Waals surface area contributed by atoms with Gasteiger partial charge < -0.3 is 5.11 Å². The summed E-state index contributed by atoms with van der Waals surface area (Å²) in [7, 11) is 1.51. The lowest BCUT2D eigenvalue weighted by atomic mass is 9.90. The van der Waals surface area contributed by atoms with Gasteiger partial charge in [0.1, 0.15) is 0 Å². The van der Waals surface area contributed by atoms with Gasteiger partial charge in [0, 0.05) is 19.6 Å². The molecule has 1 aromatic rings. The van der Waals surface area contributed by atoms with Crippen LogP contribution in [0.3, 0.4) is 0 Å². The van der Waals surface area contributed by atoms with E-state index in [1.165, 1.54) is 11.9 Å². The Balaban J connectivity index is 0.000000318. The molecule has 2 amide bonds. The number of likely N-dealkylation sites (tertiary alicyclic amines) is 1. The Bertz CT molecular complexity index is 943. The highest BCUT2D eigenvalue weighted by Gasteiger charge is 2.63. The van der Waals surface area contributed by atoms with Gasteiger partial charge in [0.25, 0.3) is 0 Å². The molecule has 4 unspecified atom stereocenters. The number of carboxylic acid groups (broad SMARTS) is 1. The van der Waals surface area contributed by atoms with Crippen LogP contribution in [-0.2, 0) is 25.7 Å². The molecule has 160 valence electrons. The Labute approximate surface area is 169 Å². The van der Waals surface area contributed by atoms with Crippen molar-refractivity contribution in [3.8, 4) is 0 Å². The van der Waals surface area contributed by atoms with Crippen molar-refractivity contribution in [1.82, 2.24) is 9.80 Å². The third-order valence-electron chi connectivity index (χ3n) is 5.51. The number of carbonyl (C=O) groups is 4. The van der Waals surface area contributed by atoms with Crippen LogP contribution in [-0.4, -0.2) is 63.8 Å². The Hall–Kier alpha value is -3.01. The normalized spacial score (nSPS) is 27.8. The summed E-state index contributed by atoms with van der Waals surface area (Å²) in [5.74, 6) is -4.18. The van der Waals surface area contributed by atoms with E-state index in [4.69, 9.17) is 9.90 Å².